The SMILES string of the molecule is CC(C)CN(C1CC1)C(C)C(=O)Nc1ccc(C#N)cc1. The molecule has 2 rings (SSSR count). The van der Waals surface area contributed by atoms with Crippen molar-refractivity contribution in [1.82, 2.24) is 4.90 Å². The molecule has 112 valence electrons. The number of carbonyl (C=O) groups excluding carboxylic acids is 1. The van der Waals surface area contributed by atoms with Gasteiger partial charge in [-0.1, -0.05) is 13.8 Å². The number of rotatable bonds is 6. The number of carbonyl (C=O) groups is 1. The van der Waals surface area contributed by atoms with Gasteiger partial charge in [-0.25, -0.2) is 0 Å². The summed E-state index contributed by atoms with van der Waals surface area (Å²) in [5.74, 6) is 0.572. The first-order valence-corrected chi connectivity index (χ1v) is 7.58. The van der Waals surface area contributed by atoms with Gasteiger partial charge in [0, 0.05) is 18.3 Å². The number of benzene rings is 1. The quantitative estimate of drug-likeness (QED) is 0.874. The van der Waals surface area contributed by atoms with E-state index < -0.39 is 0 Å². The molecular weight excluding hydrogens is 262 g/mol. The highest BCUT2D eigenvalue weighted by Gasteiger charge is 2.35. The molecule has 0 aromatic heterocycles. The summed E-state index contributed by atoms with van der Waals surface area (Å²) in [6, 6.07) is 9.48. The van der Waals surface area contributed by atoms with Crippen molar-refractivity contribution in [2.75, 3.05) is 11.9 Å². The third-order valence-corrected chi connectivity index (χ3v) is 3.75. The zero-order valence-electron chi connectivity index (χ0n) is 13.0. The van der Waals surface area contributed by atoms with Gasteiger partial charge < -0.3 is 5.32 Å². The van der Waals surface area contributed by atoms with E-state index in [1.165, 1.54) is 12.8 Å². The molecule has 1 fully saturated rings. The number of hydrogen-bond acceptors (Lipinski definition) is 3. The molecule has 0 spiro atoms. The lowest BCUT2D eigenvalue weighted by Gasteiger charge is -2.29. The van der Waals surface area contributed by atoms with E-state index in [1.807, 2.05) is 6.92 Å². The van der Waals surface area contributed by atoms with Crippen molar-refractivity contribution in [3.63, 3.8) is 0 Å². The van der Waals surface area contributed by atoms with Crippen LogP contribution in [0, 0.1) is 17.2 Å². The predicted molar refractivity (Wildman–Crippen MR) is 83.8 cm³/mol. The molecule has 1 atom stereocenters. The minimum Gasteiger partial charge on any atom is -0.325 e. The Morgan fingerprint density at radius 3 is 2.43 bits per heavy atom. The summed E-state index contributed by atoms with van der Waals surface area (Å²) >= 11 is 0. The lowest BCUT2D eigenvalue weighted by atomic mass is 10.1. The second-order valence-electron chi connectivity index (χ2n) is 6.18. The Labute approximate surface area is 126 Å². The van der Waals surface area contributed by atoms with Crippen LogP contribution >= 0.6 is 0 Å². The Morgan fingerprint density at radius 2 is 1.95 bits per heavy atom. The first-order valence-electron chi connectivity index (χ1n) is 7.58. The number of nitrogens with zero attached hydrogens (tertiary/aromatic N) is 2. The average molecular weight is 285 g/mol. The van der Waals surface area contributed by atoms with Crippen LogP contribution in [-0.4, -0.2) is 29.4 Å². The molecule has 1 unspecified atom stereocenters. The third-order valence-electron chi connectivity index (χ3n) is 3.75. The molecule has 1 aliphatic carbocycles. The van der Waals surface area contributed by atoms with Gasteiger partial charge in [0.15, 0.2) is 0 Å². The van der Waals surface area contributed by atoms with Crippen LogP contribution in [0.2, 0.25) is 0 Å². The van der Waals surface area contributed by atoms with Crippen molar-refractivity contribution in [3.05, 3.63) is 29.8 Å². The maximum atomic E-state index is 12.4. The van der Waals surface area contributed by atoms with Crippen LogP contribution in [0.1, 0.15) is 39.2 Å². The summed E-state index contributed by atoms with van der Waals surface area (Å²) in [6.45, 7) is 7.29. The van der Waals surface area contributed by atoms with Gasteiger partial charge in [-0.3, -0.25) is 9.69 Å². The third kappa shape index (κ3) is 4.30. The highest BCUT2D eigenvalue weighted by molar-refractivity contribution is 5.94. The molecule has 0 heterocycles. The van der Waals surface area contributed by atoms with E-state index in [2.05, 4.69) is 30.1 Å². The highest BCUT2D eigenvalue weighted by Crippen LogP contribution is 2.29. The van der Waals surface area contributed by atoms with Gasteiger partial charge in [0.05, 0.1) is 17.7 Å². The van der Waals surface area contributed by atoms with Gasteiger partial charge in [0.25, 0.3) is 0 Å². The van der Waals surface area contributed by atoms with E-state index >= 15 is 0 Å². The molecule has 4 nitrogen and oxygen atoms in total. The molecule has 0 saturated heterocycles. The van der Waals surface area contributed by atoms with Gasteiger partial charge in [0.2, 0.25) is 5.91 Å². The smallest absolute Gasteiger partial charge is 0.241 e. The summed E-state index contributed by atoms with van der Waals surface area (Å²) in [6.07, 6.45) is 2.39. The van der Waals surface area contributed by atoms with Crippen molar-refractivity contribution >= 4 is 11.6 Å². The molecule has 1 N–H and O–H groups in total. The van der Waals surface area contributed by atoms with E-state index in [0.29, 0.717) is 17.5 Å². The van der Waals surface area contributed by atoms with Gasteiger partial charge in [-0.05, 0) is 49.9 Å². The number of hydrogen-bond donors (Lipinski definition) is 1. The average Bonchev–Trinajstić information content (AvgIpc) is 3.29. The standard InChI is InChI=1S/C17H23N3O/c1-12(2)11-20(16-8-9-16)13(3)17(21)19-15-6-4-14(10-18)5-7-15/h4-7,12-13,16H,8-9,11H2,1-3H3,(H,19,21). The molecule has 21 heavy (non-hydrogen) atoms. The molecule has 0 bridgehead atoms. The van der Waals surface area contributed by atoms with E-state index in [-0.39, 0.29) is 11.9 Å². The van der Waals surface area contributed by atoms with E-state index in [0.717, 1.165) is 12.2 Å². The minimum absolute atomic E-state index is 0.0206. The van der Waals surface area contributed by atoms with E-state index in [1.54, 1.807) is 24.3 Å². The largest absolute Gasteiger partial charge is 0.325 e. The second-order valence-corrected chi connectivity index (χ2v) is 6.18. The van der Waals surface area contributed by atoms with Crippen LogP contribution in [0.5, 0.6) is 0 Å². The van der Waals surface area contributed by atoms with Crippen molar-refractivity contribution < 1.29 is 4.79 Å². The monoisotopic (exact) mass is 285 g/mol. The zero-order chi connectivity index (χ0) is 15.4. The minimum atomic E-state index is -0.129. The summed E-state index contributed by atoms with van der Waals surface area (Å²) in [5.41, 5.74) is 1.34. The molecule has 1 aliphatic rings. The van der Waals surface area contributed by atoms with Crippen LogP contribution in [0.3, 0.4) is 0 Å². The van der Waals surface area contributed by atoms with Crippen molar-refractivity contribution in [3.8, 4) is 6.07 Å². The fourth-order valence-corrected chi connectivity index (χ4v) is 2.48. The van der Waals surface area contributed by atoms with Crippen LogP contribution in [-0.2, 0) is 4.79 Å². The van der Waals surface area contributed by atoms with Gasteiger partial charge in [0.1, 0.15) is 0 Å². The number of anilines is 1. The van der Waals surface area contributed by atoms with Crippen LogP contribution in [0.25, 0.3) is 0 Å². The molecule has 1 amide bonds. The van der Waals surface area contributed by atoms with E-state index in [4.69, 9.17) is 5.26 Å². The topological polar surface area (TPSA) is 56.1 Å². The van der Waals surface area contributed by atoms with Crippen molar-refractivity contribution in [2.24, 2.45) is 5.92 Å². The normalized spacial score (nSPS) is 15.8. The maximum Gasteiger partial charge on any atom is 0.241 e. The number of amides is 1. The molecule has 1 saturated carbocycles. The fourth-order valence-electron chi connectivity index (χ4n) is 2.48. The molecule has 0 radical (unpaired) electrons. The Morgan fingerprint density at radius 1 is 1.33 bits per heavy atom. The van der Waals surface area contributed by atoms with Crippen molar-refractivity contribution in [2.45, 2.75) is 45.7 Å². The van der Waals surface area contributed by atoms with Gasteiger partial charge in [-0.2, -0.15) is 5.26 Å². The molecular formula is C17H23N3O. The first kappa shape index (κ1) is 15.5. The van der Waals surface area contributed by atoms with Crippen LogP contribution in [0.15, 0.2) is 24.3 Å². The lowest BCUT2D eigenvalue weighted by molar-refractivity contribution is -0.121. The Balaban J connectivity index is 1.98. The van der Waals surface area contributed by atoms with Crippen molar-refractivity contribution in [1.29, 1.82) is 5.26 Å². The van der Waals surface area contributed by atoms with E-state index in [9.17, 15) is 4.79 Å². The Bertz CT molecular complexity index is 526. The summed E-state index contributed by atoms with van der Waals surface area (Å²) in [4.78, 5) is 14.7. The number of nitriles is 1. The zero-order valence-corrected chi connectivity index (χ0v) is 13.0. The molecule has 1 aromatic carbocycles. The van der Waals surface area contributed by atoms with Gasteiger partial charge in [-0.15, -0.1) is 0 Å². The summed E-state index contributed by atoms with van der Waals surface area (Å²) in [5, 5.41) is 11.7. The second kappa shape index (κ2) is 6.73. The van der Waals surface area contributed by atoms with Crippen LogP contribution < -0.4 is 5.32 Å². The van der Waals surface area contributed by atoms with Gasteiger partial charge >= 0.3 is 0 Å². The molecule has 4 heteroatoms. The number of nitrogens with one attached hydrogen (secondary N) is 1. The maximum absolute atomic E-state index is 12.4. The highest BCUT2D eigenvalue weighted by atomic mass is 16.2. The fraction of sp³-hybridized carbons (Fsp3) is 0.529. The summed E-state index contributed by atoms with van der Waals surface area (Å²) in [7, 11) is 0. The summed E-state index contributed by atoms with van der Waals surface area (Å²) < 4.78 is 0. The molecule has 1 aromatic rings. The Kier molecular flexibility index (Phi) is 4.98. The Hall–Kier alpha value is -1.86. The van der Waals surface area contributed by atoms with Crippen LogP contribution in [0.4, 0.5) is 5.69 Å². The lowest BCUT2D eigenvalue weighted by Crippen LogP contribution is -2.45. The predicted octanol–water partition coefficient (Wildman–Crippen LogP) is 3.01. The molecule has 0 aliphatic heterocycles. The first-order chi connectivity index (χ1) is 10.0.